The molecule has 1 aliphatic carbocycles. The fourth-order valence-corrected chi connectivity index (χ4v) is 7.59. The number of allylic oxidation sites excluding steroid dienone is 2. The normalized spacial score (nSPS) is 21.7. The van der Waals surface area contributed by atoms with Gasteiger partial charge in [0.25, 0.3) is 0 Å². The van der Waals surface area contributed by atoms with Crippen LogP contribution in [-0.4, -0.2) is 26.1 Å². The van der Waals surface area contributed by atoms with Crippen molar-refractivity contribution >= 4 is 27.9 Å². The largest absolute Gasteiger partial charge is 0.350 e. The molecule has 1 aromatic rings. The molecule has 0 bridgehead atoms. The number of carbonyl (C=O) groups excluding carboxylic acids is 1. The van der Waals surface area contributed by atoms with Gasteiger partial charge < -0.3 is 4.55 Å². The van der Waals surface area contributed by atoms with Crippen LogP contribution in [0.25, 0.3) is 0 Å². The van der Waals surface area contributed by atoms with Crippen LogP contribution in [0.1, 0.15) is 33.3 Å². The summed E-state index contributed by atoms with van der Waals surface area (Å²) >= 11 is 1.67. The average Bonchev–Trinajstić information content (AvgIpc) is 2.52. The summed E-state index contributed by atoms with van der Waals surface area (Å²) < 4.78 is 11.3. The van der Waals surface area contributed by atoms with Gasteiger partial charge in [-0.25, -0.2) is 0 Å². The molecule has 1 atom stereocenters. The quantitative estimate of drug-likeness (QED) is 0.816. The minimum atomic E-state index is -2.03. The monoisotopic (exact) mass is 348 g/mol. The standard InChI is InChI=1S/C19H24O2S2/c1-12(2)23(21,13(3)4)18-10-9-17-15(19(18)20)11-14-7-5-6-8-16(14)22-17/h5-10,12-13,18,21H,11H2,1-4H3. The molecular weight excluding hydrogens is 324 g/mol. The van der Waals surface area contributed by atoms with Crippen LogP contribution in [0.2, 0.25) is 0 Å². The number of hydrogen-bond donors (Lipinski definition) is 1. The fourth-order valence-electron chi connectivity index (χ4n) is 3.41. The van der Waals surface area contributed by atoms with E-state index >= 15 is 0 Å². The first-order valence-electron chi connectivity index (χ1n) is 8.09. The van der Waals surface area contributed by atoms with E-state index < -0.39 is 10.3 Å². The van der Waals surface area contributed by atoms with Gasteiger partial charge in [-0.15, -0.1) is 10.3 Å². The van der Waals surface area contributed by atoms with Crippen LogP contribution in [-0.2, 0) is 11.2 Å². The number of hydrogen-bond acceptors (Lipinski definition) is 3. The zero-order valence-corrected chi connectivity index (χ0v) is 15.7. The van der Waals surface area contributed by atoms with Crippen molar-refractivity contribution in [1.82, 2.24) is 0 Å². The van der Waals surface area contributed by atoms with Gasteiger partial charge in [0, 0.05) is 32.3 Å². The Morgan fingerprint density at radius 3 is 2.48 bits per heavy atom. The molecule has 0 saturated heterocycles. The third-order valence-electron chi connectivity index (χ3n) is 4.75. The Kier molecular flexibility index (Phi) is 4.51. The van der Waals surface area contributed by atoms with Crippen molar-refractivity contribution in [2.75, 3.05) is 0 Å². The first kappa shape index (κ1) is 16.9. The molecule has 2 nitrogen and oxygen atoms in total. The number of ketones is 1. The predicted molar refractivity (Wildman–Crippen MR) is 101 cm³/mol. The molecule has 0 amide bonds. The summed E-state index contributed by atoms with van der Waals surface area (Å²) in [4.78, 5) is 15.5. The van der Waals surface area contributed by atoms with Gasteiger partial charge >= 0.3 is 0 Å². The van der Waals surface area contributed by atoms with E-state index in [1.807, 2.05) is 45.9 Å². The Hall–Kier alpha value is -0.970. The van der Waals surface area contributed by atoms with Gasteiger partial charge in [-0.2, -0.15) is 0 Å². The average molecular weight is 349 g/mol. The summed E-state index contributed by atoms with van der Waals surface area (Å²) in [5.41, 5.74) is 2.10. The van der Waals surface area contributed by atoms with E-state index in [9.17, 15) is 9.35 Å². The van der Waals surface area contributed by atoms with Crippen LogP contribution in [0.4, 0.5) is 0 Å². The Morgan fingerprint density at radius 2 is 1.83 bits per heavy atom. The number of Topliss-reactive ketones (excluding diaryl/α,β-unsaturated/α-hetero) is 1. The Labute approximate surface area is 144 Å². The Balaban J connectivity index is 1.97. The molecule has 4 heteroatoms. The molecule has 1 aromatic carbocycles. The molecule has 0 aromatic heterocycles. The highest BCUT2D eigenvalue weighted by molar-refractivity contribution is 8.31. The molecule has 2 aliphatic rings. The molecule has 0 radical (unpaired) electrons. The topological polar surface area (TPSA) is 37.3 Å². The molecular formula is C19H24O2S2. The van der Waals surface area contributed by atoms with Gasteiger partial charge in [0.1, 0.15) is 0 Å². The maximum absolute atomic E-state index is 13.2. The van der Waals surface area contributed by atoms with E-state index in [1.165, 1.54) is 10.5 Å². The number of fused-ring (bicyclic) bond motifs is 1. The van der Waals surface area contributed by atoms with E-state index in [-0.39, 0.29) is 21.5 Å². The first-order valence-corrected chi connectivity index (χ1v) is 10.7. The molecule has 23 heavy (non-hydrogen) atoms. The third kappa shape index (κ3) is 2.71. The zero-order chi connectivity index (χ0) is 16.8. The van der Waals surface area contributed by atoms with Gasteiger partial charge in [-0.3, -0.25) is 4.79 Å². The van der Waals surface area contributed by atoms with E-state index in [4.69, 9.17) is 0 Å². The van der Waals surface area contributed by atoms with Gasteiger partial charge in [-0.05, 0) is 11.6 Å². The van der Waals surface area contributed by atoms with Crippen LogP contribution < -0.4 is 0 Å². The first-order chi connectivity index (χ1) is 10.9. The molecule has 124 valence electrons. The minimum absolute atomic E-state index is 0.103. The fraction of sp³-hybridized carbons (Fsp3) is 0.421. The lowest BCUT2D eigenvalue weighted by Gasteiger charge is -2.47. The van der Waals surface area contributed by atoms with Crippen LogP contribution in [0.3, 0.4) is 0 Å². The van der Waals surface area contributed by atoms with E-state index in [2.05, 4.69) is 18.2 Å². The highest BCUT2D eigenvalue weighted by Crippen LogP contribution is 2.59. The van der Waals surface area contributed by atoms with E-state index in [0.717, 1.165) is 10.5 Å². The van der Waals surface area contributed by atoms with Gasteiger partial charge in [0.2, 0.25) is 0 Å². The van der Waals surface area contributed by atoms with Gasteiger partial charge in [-0.1, -0.05) is 69.8 Å². The molecule has 1 unspecified atom stereocenters. The van der Waals surface area contributed by atoms with E-state index in [1.54, 1.807) is 11.8 Å². The van der Waals surface area contributed by atoms with Crippen LogP contribution in [0, 0.1) is 0 Å². The molecule has 0 spiro atoms. The van der Waals surface area contributed by atoms with Crippen molar-refractivity contribution in [1.29, 1.82) is 0 Å². The van der Waals surface area contributed by atoms with Crippen molar-refractivity contribution in [3.8, 4) is 0 Å². The second kappa shape index (κ2) is 6.15. The molecule has 0 fully saturated rings. The summed E-state index contributed by atoms with van der Waals surface area (Å²) in [6.45, 7) is 8.13. The SMILES string of the molecule is CC(C)S(O)(C(C)C)C1C=CC2=C(Cc3ccccc3S2)C1=O. The summed E-state index contributed by atoms with van der Waals surface area (Å²) in [6.07, 6.45) is 4.70. The lowest BCUT2D eigenvalue weighted by molar-refractivity contribution is -0.114. The molecule has 1 aliphatic heterocycles. The van der Waals surface area contributed by atoms with Crippen molar-refractivity contribution in [3.63, 3.8) is 0 Å². The van der Waals surface area contributed by atoms with Gasteiger partial charge in [0.15, 0.2) is 5.78 Å². The van der Waals surface area contributed by atoms with Crippen LogP contribution in [0.5, 0.6) is 0 Å². The van der Waals surface area contributed by atoms with E-state index in [0.29, 0.717) is 6.42 Å². The lowest BCUT2D eigenvalue weighted by Crippen LogP contribution is -2.38. The van der Waals surface area contributed by atoms with Crippen LogP contribution >= 0.6 is 22.1 Å². The minimum Gasteiger partial charge on any atom is -0.350 e. The Morgan fingerprint density at radius 1 is 1.17 bits per heavy atom. The van der Waals surface area contributed by atoms with Crippen molar-refractivity contribution in [3.05, 3.63) is 52.5 Å². The highest BCUT2D eigenvalue weighted by Gasteiger charge is 2.43. The molecule has 1 N–H and O–H groups in total. The lowest BCUT2D eigenvalue weighted by atomic mass is 9.95. The third-order valence-corrected chi connectivity index (χ3v) is 10.2. The summed E-state index contributed by atoms with van der Waals surface area (Å²) in [5.74, 6) is 0.129. The summed E-state index contributed by atoms with van der Waals surface area (Å²) in [6, 6.07) is 8.26. The van der Waals surface area contributed by atoms with Gasteiger partial charge in [0.05, 0.1) is 5.25 Å². The predicted octanol–water partition coefficient (Wildman–Crippen LogP) is 5.19. The van der Waals surface area contributed by atoms with Crippen molar-refractivity contribution < 1.29 is 9.35 Å². The van der Waals surface area contributed by atoms with Crippen molar-refractivity contribution in [2.24, 2.45) is 0 Å². The molecule has 3 rings (SSSR count). The zero-order valence-electron chi connectivity index (χ0n) is 14.1. The number of benzene rings is 1. The molecule has 0 saturated carbocycles. The Bertz CT molecular complexity index is 693. The van der Waals surface area contributed by atoms with Crippen LogP contribution in [0.15, 0.2) is 51.8 Å². The smallest absolute Gasteiger partial charge is 0.177 e. The maximum atomic E-state index is 13.2. The summed E-state index contributed by atoms with van der Waals surface area (Å²) in [5, 5.41) is -0.161. The second-order valence-corrected chi connectivity index (χ2v) is 11.6. The maximum Gasteiger partial charge on any atom is 0.177 e. The van der Waals surface area contributed by atoms with Crippen molar-refractivity contribution in [2.45, 2.75) is 54.8 Å². The molecule has 1 heterocycles. The second-order valence-electron chi connectivity index (χ2n) is 6.70. The number of carbonyl (C=O) groups is 1. The summed E-state index contributed by atoms with van der Waals surface area (Å²) in [7, 11) is -2.03. The number of rotatable bonds is 3. The number of thioether (sulfide) groups is 1. The highest BCUT2D eigenvalue weighted by atomic mass is 32.3.